The fraction of sp³-hybridized carbons (Fsp3) is 0.412. The Morgan fingerprint density at radius 3 is 2.57 bits per heavy atom. The lowest BCUT2D eigenvalue weighted by atomic mass is 10.3. The van der Waals surface area contributed by atoms with Gasteiger partial charge in [0.15, 0.2) is 0 Å². The Labute approximate surface area is 137 Å². The summed E-state index contributed by atoms with van der Waals surface area (Å²) in [6.07, 6.45) is 5.03. The zero-order valence-corrected chi connectivity index (χ0v) is 13.7. The van der Waals surface area contributed by atoms with E-state index in [1.54, 1.807) is 12.3 Å². The fourth-order valence-electron chi connectivity index (χ4n) is 2.27. The van der Waals surface area contributed by atoms with E-state index in [4.69, 9.17) is 0 Å². The molecule has 2 aromatic rings. The van der Waals surface area contributed by atoms with Crippen molar-refractivity contribution in [3.8, 4) is 0 Å². The summed E-state index contributed by atoms with van der Waals surface area (Å²) in [5, 5.41) is 3.17. The lowest BCUT2D eigenvalue weighted by molar-refractivity contribution is 0.0749. The normalized spacial score (nSPS) is 10.3. The molecular weight excluding hydrogens is 290 g/mol. The number of rotatable bonds is 8. The molecular formula is C17H23N5O. The Balaban J connectivity index is 2.04. The summed E-state index contributed by atoms with van der Waals surface area (Å²) in [4.78, 5) is 26.9. The van der Waals surface area contributed by atoms with Crippen molar-refractivity contribution in [1.29, 1.82) is 0 Å². The van der Waals surface area contributed by atoms with Crippen molar-refractivity contribution in [3.05, 3.63) is 48.2 Å². The number of aromatic nitrogens is 3. The van der Waals surface area contributed by atoms with E-state index in [2.05, 4.69) is 34.1 Å². The summed E-state index contributed by atoms with van der Waals surface area (Å²) in [6.45, 7) is 6.17. The van der Waals surface area contributed by atoms with E-state index in [9.17, 15) is 4.79 Å². The molecule has 0 saturated heterocycles. The second-order valence-corrected chi connectivity index (χ2v) is 5.26. The van der Waals surface area contributed by atoms with Gasteiger partial charge < -0.3 is 10.2 Å². The molecule has 0 aliphatic heterocycles. The Bertz CT molecular complexity index is 611. The van der Waals surface area contributed by atoms with Crippen LogP contribution in [0.2, 0.25) is 0 Å². The second-order valence-electron chi connectivity index (χ2n) is 5.26. The molecule has 2 aromatic heterocycles. The summed E-state index contributed by atoms with van der Waals surface area (Å²) < 4.78 is 0. The van der Waals surface area contributed by atoms with Crippen molar-refractivity contribution in [2.45, 2.75) is 33.2 Å². The molecule has 6 heteroatoms. The maximum absolute atomic E-state index is 12.5. The van der Waals surface area contributed by atoms with Gasteiger partial charge in [-0.2, -0.15) is 0 Å². The van der Waals surface area contributed by atoms with Crippen LogP contribution in [0.1, 0.15) is 42.9 Å². The van der Waals surface area contributed by atoms with E-state index in [0.717, 1.165) is 31.6 Å². The predicted octanol–water partition coefficient (Wildman–Crippen LogP) is 2.75. The van der Waals surface area contributed by atoms with Crippen LogP contribution < -0.4 is 5.32 Å². The average Bonchev–Trinajstić information content (AvgIpc) is 2.60. The summed E-state index contributed by atoms with van der Waals surface area (Å²) in [7, 11) is 0. The van der Waals surface area contributed by atoms with Crippen molar-refractivity contribution < 1.29 is 4.79 Å². The van der Waals surface area contributed by atoms with Crippen LogP contribution in [0.15, 0.2) is 36.8 Å². The molecule has 6 nitrogen and oxygen atoms in total. The molecule has 2 heterocycles. The summed E-state index contributed by atoms with van der Waals surface area (Å²) in [5.74, 6) is 0.582. The van der Waals surface area contributed by atoms with Gasteiger partial charge in [0.25, 0.3) is 5.91 Å². The molecule has 0 aliphatic rings. The van der Waals surface area contributed by atoms with Gasteiger partial charge >= 0.3 is 0 Å². The van der Waals surface area contributed by atoms with Crippen LogP contribution in [0.3, 0.4) is 0 Å². The highest BCUT2D eigenvalue weighted by molar-refractivity contribution is 5.92. The number of anilines is 1. The molecule has 0 aliphatic carbocycles. The Hall–Kier alpha value is -2.50. The van der Waals surface area contributed by atoms with Gasteiger partial charge in [-0.25, -0.2) is 9.97 Å². The first kappa shape index (κ1) is 16.9. The van der Waals surface area contributed by atoms with Crippen LogP contribution in [0, 0.1) is 0 Å². The van der Waals surface area contributed by atoms with Crippen LogP contribution in [-0.2, 0) is 6.54 Å². The van der Waals surface area contributed by atoms with E-state index in [-0.39, 0.29) is 5.91 Å². The van der Waals surface area contributed by atoms with Gasteiger partial charge in [0, 0.05) is 25.4 Å². The first-order valence-electron chi connectivity index (χ1n) is 7.99. The van der Waals surface area contributed by atoms with E-state index in [1.807, 2.05) is 23.1 Å². The number of amides is 1. The van der Waals surface area contributed by atoms with Crippen LogP contribution in [-0.4, -0.2) is 38.8 Å². The first-order chi connectivity index (χ1) is 11.2. The minimum atomic E-state index is -0.0445. The molecule has 0 atom stereocenters. The first-order valence-corrected chi connectivity index (χ1v) is 7.99. The van der Waals surface area contributed by atoms with Crippen LogP contribution in [0.4, 0.5) is 5.82 Å². The molecule has 122 valence electrons. The molecule has 1 amide bonds. The maximum Gasteiger partial charge on any atom is 0.272 e. The van der Waals surface area contributed by atoms with Gasteiger partial charge in [-0.15, -0.1) is 0 Å². The number of pyridine rings is 1. The van der Waals surface area contributed by atoms with Crippen molar-refractivity contribution in [2.75, 3.05) is 18.4 Å². The molecule has 0 aromatic carbocycles. The Morgan fingerprint density at radius 1 is 1.13 bits per heavy atom. The number of nitrogens with zero attached hydrogens (tertiary/aromatic N) is 4. The average molecular weight is 313 g/mol. The SMILES string of the molecule is CCCN(CCC)C(=O)c1cc(NCc2ccccn2)ncn1. The third kappa shape index (κ3) is 5.02. The van der Waals surface area contributed by atoms with Crippen LogP contribution in [0.5, 0.6) is 0 Å². The van der Waals surface area contributed by atoms with E-state index in [0.29, 0.717) is 18.1 Å². The smallest absolute Gasteiger partial charge is 0.272 e. The van der Waals surface area contributed by atoms with Crippen molar-refractivity contribution in [3.63, 3.8) is 0 Å². The highest BCUT2D eigenvalue weighted by atomic mass is 16.2. The largest absolute Gasteiger partial charge is 0.364 e. The molecule has 0 fully saturated rings. The molecule has 1 N–H and O–H groups in total. The number of carbonyl (C=O) groups is 1. The van der Waals surface area contributed by atoms with Gasteiger partial charge in [-0.05, 0) is 25.0 Å². The summed E-state index contributed by atoms with van der Waals surface area (Å²) in [5.41, 5.74) is 1.34. The molecule has 0 spiro atoms. The highest BCUT2D eigenvalue weighted by Gasteiger charge is 2.16. The van der Waals surface area contributed by atoms with Gasteiger partial charge in [0.05, 0.1) is 12.2 Å². The van der Waals surface area contributed by atoms with E-state index < -0.39 is 0 Å². The van der Waals surface area contributed by atoms with E-state index >= 15 is 0 Å². The zero-order valence-electron chi connectivity index (χ0n) is 13.7. The van der Waals surface area contributed by atoms with Crippen molar-refractivity contribution in [2.24, 2.45) is 0 Å². The molecule has 23 heavy (non-hydrogen) atoms. The third-order valence-corrected chi connectivity index (χ3v) is 3.34. The minimum absolute atomic E-state index is 0.0445. The quantitative estimate of drug-likeness (QED) is 0.811. The maximum atomic E-state index is 12.5. The topological polar surface area (TPSA) is 71.0 Å². The number of hydrogen-bond donors (Lipinski definition) is 1. The lowest BCUT2D eigenvalue weighted by Gasteiger charge is -2.21. The summed E-state index contributed by atoms with van der Waals surface area (Å²) in [6, 6.07) is 7.45. The molecule has 0 radical (unpaired) electrons. The van der Waals surface area contributed by atoms with Crippen LogP contribution >= 0.6 is 0 Å². The fourth-order valence-corrected chi connectivity index (χ4v) is 2.27. The monoisotopic (exact) mass is 313 g/mol. The molecule has 2 rings (SSSR count). The highest BCUT2D eigenvalue weighted by Crippen LogP contribution is 2.09. The van der Waals surface area contributed by atoms with Crippen LogP contribution in [0.25, 0.3) is 0 Å². The van der Waals surface area contributed by atoms with Crippen molar-refractivity contribution >= 4 is 11.7 Å². The Morgan fingerprint density at radius 2 is 1.91 bits per heavy atom. The minimum Gasteiger partial charge on any atom is -0.364 e. The second kappa shape index (κ2) is 8.82. The van der Waals surface area contributed by atoms with Crippen molar-refractivity contribution in [1.82, 2.24) is 19.9 Å². The van der Waals surface area contributed by atoms with Gasteiger partial charge in [-0.3, -0.25) is 9.78 Å². The standard InChI is InChI=1S/C17H23N5O/c1-3-9-22(10-4-2)17(23)15-11-16(21-13-20-15)19-12-14-7-5-6-8-18-14/h5-8,11,13H,3-4,9-10,12H2,1-2H3,(H,19,20,21). The number of hydrogen-bond acceptors (Lipinski definition) is 5. The molecule has 0 unspecified atom stereocenters. The van der Waals surface area contributed by atoms with Gasteiger partial charge in [-0.1, -0.05) is 19.9 Å². The predicted molar refractivity (Wildman–Crippen MR) is 90.1 cm³/mol. The number of carbonyl (C=O) groups excluding carboxylic acids is 1. The van der Waals surface area contributed by atoms with E-state index in [1.165, 1.54) is 6.33 Å². The van der Waals surface area contributed by atoms with Gasteiger partial charge in [0.2, 0.25) is 0 Å². The summed E-state index contributed by atoms with van der Waals surface area (Å²) >= 11 is 0. The Kier molecular flexibility index (Phi) is 6.47. The molecule has 0 bridgehead atoms. The van der Waals surface area contributed by atoms with Gasteiger partial charge in [0.1, 0.15) is 17.8 Å². The number of nitrogens with one attached hydrogen (secondary N) is 1. The zero-order chi connectivity index (χ0) is 16.5. The third-order valence-electron chi connectivity index (χ3n) is 3.34. The lowest BCUT2D eigenvalue weighted by Crippen LogP contribution is -2.33. The molecule has 0 saturated carbocycles.